The second-order valence-electron chi connectivity index (χ2n) is 6.00. The Morgan fingerprint density at radius 1 is 1.17 bits per heavy atom. The van der Waals surface area contributed by atoms with Crippen LogP contribution in [-0.4, -0.2) is 24.3 Å². The van der Waals surface area contributed by atoms with Crippen LogP contribution in [0.2, 0.25) is 0 Å². The van der Waals surface area contributed by atoms with E-state index in [1.165, 1.54) is 0 Å². The summed E-state index contributed by atoms with van der Waals surface area (Å²) >= 11 is 0. The number of carbonyl (C=O) groups excluding carboxylic acids is 1. The van der Waals surface area contributed by atoms with Crippen LogP contribution >= 0.6 is 0 Å². The van der Waals surface area contributed by atoms with Gasteiger partial charge in [-0.05, 0) is 25.0 Å². The Morgan fingerprint density at radius 2 is 1.96 bits per heavy atom. The Kier molecular flexibility index (Phi) is 6.30. The Hall–Kier alpha value is -1.52. The fourth-order valence-corrected chi connectivity index (χ4v) is 2.28. The molecule has 24 heavy (non-hydrogen) atoms. The van der Waals surface area contributed by atoms with E-state index in [2.05, 4.69) is 17.5 Å². The summed E-state index contributed by atoms with van der Waals surface area (Å²) in [6, 6.07) is 15.7. The number of aliphatic imine (C=N–C) groups is 1. The van der Waals surface area contributed by atoms with Crippen molar-refractivity contribution in [3.05, 3.63) is 65.2 Å². The van der Waals surface area contributed by atoms with Crippen LogP contribution in [0, 0.1) is 6.07 Å². The molecule has 2 heterocycles. The summed E-state index contributed by atoms with van der Waals surface area (Å²) in [5.41, 5.74) is 2.23. The van der Waals surface area contributed by atoms with E-state index in [1.54, 1.807) is 18.2 Å². The minimum absolute atomic E-state index is 0. The first-order valence-corrected chi connectivity index (χ1v) is 7.41. The van der Waals surface area contributed by atoms with Gasteiger partial charge in [0.15, 0.2) is 0 Å². The summed E-state index contributed by atoms with van der Waals surface area (Å²) in [4.78, 5) is 16.1. The average Bonchev–Trinajstić information content (AvgIpc) is 2.91. The van der Waals surface area contributed by atoms with Crippen LogP contribution in [-0.2, 0) is 44.1 Å². The SMILES string of the molecule is CC1(C)CO[C-]=N1.O=C1c2ccccc2COc2cc[c-]cc21.[Y]. The molecule has 0 N–H and O–H groups in total. The third kappa shape index (κ3) is 4.31. The quantitative estimate of drug-likeness (QED) is 0.642. The van der Waals surface area contributed by atoms with Crippen molar-refractivity contribution in [1.29, 1.82) is 0 Å². The van der Waals surface area contributed by atoms with Gasteiger partial charge < -0.3 is 19.3 Å². The van der Waals surface area contributed by atoms with Crippen LogP contribution in [0.25, 0.3) is 0 Å². The Morgan fingerprint density at radius 3 is 2.62 bits per heavy atom. The van der Waals surface area contributed by atoms with Gasteiger partial charge in [-0.2, -0.15) is 18.2 Å². The van der Waals surface area contributed by atoms with Gasteiger partial charge in [0, 0.05) is 44.0 Å². The number of nitrogens with zero attached hydrogens (tertiary/aromatic N) is 1. The van der Waals surface area contributed by atoms with Gasteiger partial charge >= 0.3 is 0 Å². The van der Waals surface area contributed by atoms with Gasteiger partial charge in [-0.15, -0.1) is 6.07 Å². The van der Waals surface area contributed by atoms with Gasteiger partial charge in [0.2, 0.25) is 0 Å². The standard InChI is InChI=1S/C14H9O2.C5H8NO.Y/c15-14-11-6-2-1-5-10(11)9-16-13-8-4-3-7-12(13)14;1-5(2)3-7-4-6-5;/h1-2,4-8H,9H2;3H2,1-2H3;/q2*-1;. The van der Waals surface area contributed by atoms with Crippen LogP contribution in [0.15, 0.2) is 47.5 Å². The fourth-order valence-electron chi connectivity index (χ4n) is 2.28. The van der Waals surface area contributed by atoms with Crippen molar-refractivity contribution in [1.82, 2.24) is 0 Å². The predicted molar refractivity (Wildman–Crippen MR) is 87.0 cm³/mol. The number of benzene rings is 2. The largest absolute Gasteiger partial charge is 0.673 e. The molecule has 0 spiro atoms. The van der Waals surface area contributed by atoms with Crippen molar-refractivity contribution >= 4 is 12.2 Å². The molecule has 2 aliphatic rings. The summed E-state index contributed by atoms with van der Waals surface area (Å²) in [6.07, 6.45) is 2.44. The van der Waals surface area contributed by atoms with Crippen molar-refractivity contribution in [3.63, 3.8) is 0 Å². The average molecular weight is 396 g/mol. The number of rotatable bonds is 0. The number of hydrogen-bond acceptors (Lipinski definition) is 4. The number of ether oxygens (including phenoxy) is 2. The minimum atomic E-state index is -0.0139. The van der Waals surface area contributed by atoms with E-state index in [0.717, 1.165) is 11.1 Å². The van der Waals surface area contributed by atoms with Gasteiger partial charge in [-0.25, -0.2) is 6.40 Å². The van der Waals surface area contributed by atoms with Crippen molar-refractivity contribution in [2.75, 3.05) is 6.61 Å². The molecule has 4 rings (SSSR count). The van der Waals surface area contributed by atoms with E-state index in [9.17, 15) is 4.79 Å². The molecule has 4 nitrogen and oxygen atoms in total. The van der Waals surface area contributed by atoms with Gasteiger partial charge in [-0.3, -0.25) is 0 Å². The number of hydrogen-bond donors (Lipinski definition) is 0. The summed E-state index contributed by atoms with van der Waals surface area (Å²) < 4.78 is 10.3. The molecule has 0 amide bonds. The van der Waals surface area contributed by atoms with Crippen LogP contribution in [0.4, 0.5) is 0 Å². The molecule has 0 atom stereocenters. The topological polar surface area (TPSA) is 47.9 Å². The first-order chi connectivity index (χ1) is 11.1. The van der Waals surface area contributed by atoms with Gasteiger partial charge in [0.1, 0.15) is 12.4 Å². The molecule has 2 aromatic rings. The minimum Gasteiger partial charge on any atom is -0.673 e. The zero-order valence-corrected chi connectivity index (χ0v) is 16.5. The molecule has 0 fully saturated rings. The fraction of sp³-hybridized carbons (Fsp3) is 0.263. The molecule has 0 bridgehead atoms. The van der Waals surface area contributed by atoms with Crippen LogP contribution in [0.3, 0.4) is 0 Å². The van der Waals surface area contributed by atoms with E-state index < -0.39 is 0 Å². The predicted octanol–water partition coefficient (Wildman–Crippen LogP) is 3.31. The van der Waals surface area contributed by atoms with E-state index in [-0.39, 0.29) is 44.0 Å². The maximum absolute atomic E-state index is 12.2. The smallest absolute Gasteiger partial charge is 0.142 e. The summed E-state index contributed by atoms with van der Waals surface area (Å²) in [5, 5.41) is 0. The van der Waals surface area contributed by atoms with Crippen molar-refractivity contribution in [2.45, 2.75) is 26.0 Å². The maximum atomic E-state index is 12.2. The van der Waals surface area contributed by atoms with Crippen LogP contribution in [0.1, 0.15) is 35.3 Å². The third-order valence-corrected chi connectivity index (χ3v) is 3.55. The summed E-state index contributed by atoms with van der Waals surface area (Å²) in [6.45, 7) is 5.13. The van der Waals surface area contributed by atoms with Gasteiger partial charge in [0.25, 0.3) is 0 Å². The van der Waals surface area contributed by atoms with Crippen molar-refractivity contribution < 1.29 is 47.0 Å². The molecule has 5 heteroatoms. The Balaban J connectivity index is 0.000000222. The van der Waals surface area contributed by atoms with E-state index in [1.807, 2.05) is 38.1 Å². The zero-order chi connectivity index (χ0) is 16.3. The second kappa shape index (κ2) is 8.04. The van der Waals surface area contributed by atoms with Gasteiger partial charge in [0.05, 0.1) is 12.1 Å². The number of carbonyl (C=O) groups is 1. The van der Waals surface area contributed by atoms with E-state index in [0.29, 0.717) is 24.5 Å². The van der Waals surface area contributed by atoms with Crippen LogP contribution < -0.4 is 4.74 Å². The Bertz CT molecular complexity index is 706. The second-order valence-corrected chi connectivity index (χ2v) is 6.00. The maximum Gasteiger partial charge on any atom is 0.142 e. The van der Waals surface area contributed by atoms with Gasteiger partial charge in [-0.1, -0.05) is 24.3 Å². The number of fused-ring (bicyclic) bond motifs is 2. The van der Waals surface area contributed by atoms with Crippen molar-refractivity contribution in [2.24, 2.45) is 4.99 Å². The molecule has 0 aliphatic carbocycles. The molecular formula is C19H17NO3Y-2. The summed E-state index contributed by atoms with van der Waals surface area (Å²) in [5.74, 6) is 0.653. The van der Waals surface area contributed by atoms with E-state index >= 15 is 0 Å². The molecule has 2 aromatic carbocycles. The number of ketones is 1. The molecule has 2 aliphatic heterocycles. The van der Waals surface area contributed by atoms with Crippen molar-refractivity contribution in [3.8, 4) is 5.75 Å². The molecular weight excluding hydrogens is 379 g/mol. The third-order valence-electron chi connectivity index (χ3n) is 3.55. The molecule has 0 saturated heterocycles. The van der Waals surface area contributed by atoms with E-state index in [4.69, 9.17) is 9.47 Å². The molecule has 0 aromatic heterocycles. The first-order valence-electron chi connectivity index (χ1n) is 7.41. The monoisotopic (exact) mass is 396 g/mol. The van der Waals surface area contributed by atoms with Crippen LogP contribution in [0.5, 0.6) is 5.75 Å². The first kappa shape index (κ1) is 18.8. The normalized spacial score (nSPS) is 16.2. The summed E-state index contributed by atoms with van der Waals surface area (Å²) in [7, 11) is 0. The zero-order valence-electron chi connectivity index (χ0n) is 13.7. The molecule has 0 unspecified atom stereocenters. The molecule has 0 saturated carbocycles. The Labute approximate surface area is 167 Å². The molecule has 1 radical (unpaired) electrons. The molecule has 121 valence electrons.